The second-order valence-electron chi connectivity index (χ2n) is 10.1. The van der Waals surface area contributed by atoms with Gasteiger partial charge in [-0.05, 0) is 61.2 Å². The van der Waals surface area contributed by atoms with E-state index in [0.29, 0.717) is 24.1 Å². The van der Waals surface area contributed by atoms with Crippen molar-refractivity contribution in [2.75, 3.05) is 13.7 Å². The van der Waals surface area contributed by atoms with Gasteiger partial charge in [0.1, 0.15) is 11.7 Å². The normalized spacial score (nSPS) is 26.4. The van der Waals surface area contributed by atoms with Crippen LogP contribution in [0, 0.1) is 11.7 Å². The molecule has 39 heavy (non-hydrogen) atoms. The van der Waals surface area contributed by atoms with E-state index >= 15 is 0 Å². The molecule has 2 fully saturated rings. The number of hydrogen-bond acceptors (Lipinski definition) is 4. The minimum atomic E-state index is -5.03. The standard InChI is InChI=1S/C27H26F7NO4/c1-14(15-10-17(26(29,30)31)12-18(11-15)27(32,33)34)39-22-13-35-21(9-8-20(23(35)36)24(37)38-3)25(22,2)16-4-6-19(28)7-5-16/h4-7,10-12,14,20-22H,8-9,13H2,1-3H3/t14-,20?,21+,22+,25+/m1/s1. The summed E-state index contributed by atoms with van der Waals surface area (Å²) in [5, 5.41) is 0. The molecule has 0 N–H and O–H groups in total. The average Bonchev–Trinajstić information content (AvgIpc) is 3.15. The molecular formula is C27H26F7NO4. The van der Waals surface area contributed by atoms with E-state index < -0.39 is 70.8 Å². The second kappa shape index (κ2) is 10.1. The summed E-state index contributed by atoms with van der Waals surface area (Å²) in [4.78, 5) is 26.9. The molecule has 1 unspecified atom stereocenters. The van der Waals surface area contributed by atoms with Gasteiger partial charge in [0, 0.05) is 18.0 Å². The number of carbonyl (C=O) groups excluding carboxylic acids is 2. The Morgan fingerprint density at radius 1 is 1.00 bits per heavy atom. The van der Waals surface area contributed by atoms with E-state index in [1.54, 1.807) is 6.92 Å². The van der Waals surface area contributed by atoms with Crippen LogP contribution in [-0.2, 0) is 36.8 Å². The van der Waals surface area contributed by atoms with Crippen molar-refractivity contribution in [2.24, 2.45) is 5.92 Å². The largest absolute Gasteiger partial charge is 0.468 e. The lowest BCUT2D eigenvalue weighted by Crippen LogP contribution is -2.52. The summed E-state index contributed by atoms with van der Waals surface area (Å²) >= 11 is 0. The number of rotatable bonds is 5. The van der Waals surface area contributed by atoms with Crippen molar-refractivity contribution < 1.29 is 49.8 Å². The van der Waals surface area contributed by atoms with E-state index in [1.807, 2.05) is 0 Å². The molecule has 0 aliphatic carbocycles. The fourth-order valence-corrected chi connectivity index (χ4v) is 5.65. The van der Waals surface area contributed by atoms with Gasteiger partial charge in [-0.2, -0.15) is 26.3 Å². The van der Waals surface area contributed by atoms with Crippen LogP contribution in [0.5, 0.6) is 0 Å². The Hall–Kier alpha value is -3.15. The number of piperidine rings is 1. The maximum Gasteiger partial charge on any atom is 0.416 e. The number of alkyl halides is 6. The molecule has 0 radical (unpaired) electrons. The van der Waals surface area contributed by atoms with Crippen LogP contribution < -0.4 is 0 Å². The van der Waals surface area contributed by atoms with Crippen molar-refractivity contribution in [2.45, 2.75) is 62.7 Å². The van der Waals surface area contributed by atoms with Crippen molar-refractivity contribution in [3.05, 3.63) is 70.5 Å². The maximum absolute atomic E-state index is 13.7. The summed E-state index contributed by atoms with van der Waals surface area (Å²) in [5.74, 6) is -2.78. The van der Waals surface area contributed by atoms with Crippen LogP contribution in [0.2, 0.25) is 0 Å². The zero-order chi connectivity index (χ0) is 28.9. The molecule has 12 heteroatoms. The summed E-state index contributed by atoms with van der Waals surface area (Å²) in [5.41, 5.74) is -3.74. The van der Waals surface area contributed by atoms with Crippen LogP contribution >= 0.6 is 0 Å². The molecule has 2 saturated heterocycles. The van der Waals surface area contributed by atoms with Gasteiger partial charge in [0.05, 0.1) is 30.4 Å². The molecule has 2 heterocycles. The molecule has 2 aromatic carbocycles. The summed E-state index contributed by atoms with van der Waals surface area (Å²) in [6.07, 6.45) is -11.7. The van der Waals surface area contributed by atoms with Crippen LogP contribution in [0.25, 0.3) is 0 Å². The van der Waals surface area contributed by atoms with E-state index in [1.165, 1.54) is 36.1 Å². The van der Waals surface area contributed by atoms with Crippen LogP contribution in [0.1, 0.15) is 55.0 Å². The lowest BCUT2D eigenvalue weighted by Gasteiger charge is -2.41. The molecule has 0 saturated carbocycles. The van der Waals surface area contributed by atoms with Crippen molar-refractivity contribution in [1.82, 2.24) is 4.90 Å². The molecule has 0 aromatic heterocycles. The second-order valence-corrected chi connectivity index (χ2v) is 10.1. The number of esters is 1. The zero-order valence-corrected chi connectivity index (χ0v) is 21.2. The van der Waals surface area contributed by atoms with E-state index in [-0.39, 0.29) is 24.6 Å². The highest BCUT2D eigenvalue weighted by Gasteiger charge is 2.58. The lowest BCUT2D eigenvalue weighted by atomic mass is 9.71. The van der Waals surface area contributed by atoms with E-state index in [9.17, 15) is 40.3 Å². The molecule has 0 bridgehead atoms. The van der Waals surface area contributed by atoms with Gasteiger partial charge in [-0.25, -0.2) is 4.39 Å². The third-order valence-corrected chi connectivity index (χ3v) is 7.81. The highest BCUT2D eigenvalue weighted by Crippen LogP contribution is 2.48. The molecule has 2 aliphatic rings. The monoisotopic (exact) mass is 561 g/mol. The number of methoxy groups -OCH3 is 1. The topological polar surface area (TPSA) is 55.8 Å². The van der Waals surface area contributed by atoms with Gasteiger partial charge in [0.15, 0.2) is 0 Å². The third-order valence-electron chi connectivity index (χ3n) is 7.81. The predicted octanol–water partition coefficient (Wildman–Crippen LogP) is 6.06. The molecule has 5 nitrogen and oxygen atoms in total. The Morgan fingerprint density at radius 2 is 1.56 bits per heavy atom. The first kappa shape index (κ1) is 28.8. The first-order valence-corrected chi connectivity index (χ1v) is 12.2. The van der Waals surface area contributed by atoms with E-state index in [0.717, 1.165) is 7.11 Å². The van der Waals surface area contributed by atoms with Crippen molar-refractivity contribution in [3.63, 3.8) is 0 Å². The number of benzene rings is 2. The van der Waals surface area contributed by atoms with Crippen molar-refractivity contribution >= 4 is 11.9 Å². The molecule has 5 atom stereocenters. The fourth-order valence-electron chi connectivity index (χ4n) is 5.65. The summed E-state index contributed by atoms with van der Waals surface area (Å²) in [6.45, 7) is 3.00. The number of amides is 1. The Labute approximate surface area is 219 Å². The number of hydrogen-bond donors (Lipinski definition) is 0. The van der Waals surface area contributed by atoms with Gasteiger partial charge in [-0.3, -0.25) is 9.59 Å². The Bertz CT molecular complexity index is 1210. The number of fused-ring (bicyclic) bond motifs is 1. The smallest absolute Gasteiger partial charge is 0.416 e. The van der Waals surface area contributed by atoms with Crippen molar-refractivity contribution in [3.8, 4) is 0 Å². The van der Waals surface area contributed by atoms with Gasteiger partial charge < -0.3 is 14.4 Å². The van der Waals surface area contributed by atoms with Gasteiger partial charge >= 0.3 is 18.3 Å². The molecule has 4 rings (SSSR count). The number of carbonyl (C=O) groups is 2. The number of ether oxygens (including phenoxy) is 2. The van der Waals surface area contributed by atoms with Gasteiger partial charge in [0.2, 0.25) is 5.91 Å². The van der Waals surface area contributed by atoms with E-state index in [4.69, 9.17) is 9.47 Å². The SMILES string of the molecule is COC(=O)C1CC[C@@H]2N(C[C@H](O[C@H](C)c3cc(C(F)(F)F)cc(C(F)(F)F)c3)[C@@]2(C)c2ccc(F)cc2)C1=O. The molecular weight excluding hydrogens is 535 g/mol. The average molecular weight is 561 g/mol. The van der Waals surface area contributed by atoms with Crippen LogP contribution in [-0.4, -0.2) is 42.6 Å². The highest BCUT2D eigenvalue weighted by atomic mass is 19.4. The summed E-state index contributed by atoms with van der Waals surface area (Å²) in [6, 6.07) is 6.17. The van der Waals surface area contributed by atoms with Crippen LogP contribution in [0.15, 0.2) is 42.5 Å². The molecule has 0 spiro atoms. The molecule has 1 amide bonds. The Balaban J connectivity index is 1.74. The molecule has 2 aromatic rings. The van der Waals surface area contributed by atoms with Crippen LogP contribution in [0.3, 0.4) is 0 Å². The fraction of sp³-hybridized carbons (Fsp3) is 0.481. The Kier molecular flexibility index (Phi) is 7.48. The first-order valence-electron chi connectivity index (χ1n) is 12.2. The predicted molar refractivity (Wildman–Crippen MR) is 124 cm³/mol. The third kappa shape index (κ3) is 5.35. The molecule has 2 aliphatic heterocycles. The van der Waals surface area contributed by atoms with E-state index in [2.05, 4.69) is 0 Å². The highest BCUT2D eigenvalue weighted by molar-refractivity contribution is 5.98. The summed E-state index contributed by atoms with van der Waals surface area (Å²) < 4.78 is 105. The maximum atomic E-state index is 13.7. The lowest BCUT2D eigenvalue weighted by molar-refractivity contribution is -0.157. The minimum absolute atomic E-state index is 0.0420. The minimum Gasteiger partial charge on any atom is -0.468 e. The van der Waals surface area contributed by atoms with Crippen molar-refractivity contribution in [1.29, 1.82) is 0 Å². The van der Waals surface area contributed by atoms with Gasteiger partial charge in [-0.1, -0.05) is 19.1 Å². The summed E-state index contributed by atoms with van der Waals surface area (Å²) in [7, 11) is 1.16. The quantitative estimate of drug-likeness (QED) is 0.253. The zero-order valence-electron chi connectivity index (χ0n) is 21.2. The number of halogens is 7. The van der Waals surface area contributed by atoms with Crippen LogP contribution in [0.4, 0.5) is 30.7 Å². The van der Waals surface area contributed by atoms with Gasteiger partial charge in [0.25, 0.3) is 0 Å². The Morgan fingerprint density at radius 3 is 2.08 bits per heavy atom. The number of nitrogens with zero attached hydrogens (tertiary/aromatic N) is 1. The molecule has 212 valence electrons. The first-order chi connectivity index (χ1) is 18.1. The van der Waals surface area contributed by atoms with Gasteiger partial charge in [-0.15, -0.1) is 0 Å².